The Morgan fingerprint density at radius 3 is 2.62 bits per heavy atom. The first-order valence-corrected chi connectivity index (χ1v) is 7.69. The molecule has 3 N–H and O–H groups in total. The number of thioether (sulfide) groups is 1. The Morgan fingerprint density at radius 1 is 1.29 bits per heavy atom. The predicted octanol–water partition coefficient (Wildman–Crippen LogP) is 3.32. The van der Waals surface area contributed by atoms with Gasteiger partial charge in [-0.05, 0) is 37.1 Å². The van der Waals surface area contributed by atoms with E-state index in [4.69, 9.17) is 10.9 Å². The highest BCUT2D eigenvalue weighted by atomic mass is 32.2. The van der Waals surface area contributed by atoms with Crippen molar-refractivity contribution in [1.82, 2.24) is 4.98 Å². The van der Waals surface area contributed by atoms with Gasteiger partial charge in [-0.25, -0.2) is 4.98 Å². The van der Waals surface area contributed by atoms with Crippen molar-refractivity contribution in [1.29, 1.82) is 0 Å². The average Bonchev–Trinajstić information content (AvgIpc) is 2.47. The van der Waals surface area contributed by atoms with E-state index in [2.05, 4.69) is 17.1 Å². The first-order chi connectivity index (χ1) is 10.1. The zero-order valence-corrected chi connectivity index (χ0v) is 13.0. The number of pyridine rings is 1. The summed E-state index contributed by atoms with van der Waals surface area (Å²) in [6, 6.07) is 13.9. The lowest BCUT2D eigenvalue weighted by Crippen LogP contribution is -2.24. The van der Waals surface area contributed by atoms with E-state index in [1.54, 1.807) is 11.8 Å². The van der Waals surface area contributed by atoms with Gasteiger partial charge >= 0.3 is 0 Å². The molecule has 0 spiro atoms. The number of benzene rings is 1. The van der Waals surface area contributed by atoms with Gasteiger partial charge in [0.2, 0.25) is 0 Å². The minimum absolute atomic E-state index is 0.135. The largest absolute Gasteiger partial charge is 0.409 e. The van der Waals surface area contributed by atoms with E-state index in [0.29, 0.717) is 5.75 Å². The number of aromatic nitrogens is 1. The van der Waals surface area contributed by atoms with E-state index >= 15 is 0 Å². The molecule has 5 heteroatoms. The van der Waals surface area contributed by atoms with Crippen LogP contribution in [0.25, 0.3) is 0 Å². The van der Waals surface area contributed by atoms with Gasteiger partial charge in [0.25, 0.3) is 0 Å². The topological polar surface area (TPSA) is 71.5 Å². The van der Waals surface area contributed by atoms with Gasteiger partial charge in [0.1, 0.15) is 5.84 Å². The summed E-state index contributed by atoms with van der Waals surface area (Å²) in [6.45, 7) is 4.03. The SMILES string of the molecule is Cc1cc(C)nc(SCC(/C(N)=N/O)c2ccccc2)c1. The van der Waals surface area contributed by atoms with E-state index in [9.17, 15) is 0 Å². The zero-order valence-electron chi connectivity index (χ0n) is 12.2. The molecule has 0 aliphatic heterocycles. The molecule has 0 saturated heterocycles. The Kier molecular flexibility index (Phi) is 5.22. The number of amidine groups is 1. The molecule has 1 heterocycles. The lowest BCUT2D eigenvalue weighted by Gasteiger charge is -2.15. The first kappa shape index (κ1) is 15.4. The highest BCUT2D eigenvalue weighted by Crippen LogP contribution is 2.26. The Bertz CT molecular complexity index is 608. The van der Waals surface area contributed by atoms with E-state index in [-0.39, 0.29) is 11.8 Å². The molecule has 1 aromatic carbocycles. The van der Waals surface area contributed by atoms with Gasteiger partial charge in [0, 0.05) is 11.4 Å². The number of nitrogens with two attached hydrogens (primary N) is 1. The Labute approximate surface area is 129 Å². The summed E-state index contributed by atoms with van der Waals surface area (Å²) in [4.78, 5) is 4.50. The maximum Gasteiger partial charge on any atom is 0.147 e. The molecule has 1 atom stereocenters. The number of aryl methyl sites for hydroxylation is 2. The normalized spacial score (nSPS) is 13.1. The summed E-state index contributed by atoms with van der Waals surface area (Å²) in [7, 11) is 0. The summed E-state index contributed by atoms with van der Waals surface area (Å²) in [6.07, 6.45) is 0. The smallest absolute Gasteiger partial charge is 0.147 e. The Balaban J connectivity index is 2.17. The second-order valence-corrected chi connectivity index (χ2v) is 5.96. The molecule has 0 amide bonds. The molecule has 1 unspecified atom stereocenters. The average molecular weight is 301 g/mol. The van der Waals surface area contributed by atoms with E-state index < -0.39 is 0 Å². The summed E-state index contributed by atoms with van der Waals surface area (Å²) < 4.78 is 0. The summed E-state index contributed by atoms with van der Waals surface area (Å²) in [5.74, 6) is 0.761. The van der Waals surface area contributed by atoms with Crippen molar-refractivity contribution in [3.63, 3.8) is 0 Å². The van der Waals surface area contributed by atoms with Gasteiger partial charge in [-0.2, -0.15) is 0 Å². The fourth-order valence-corrected chi connectivity index (χ4v) is 3.33. The third-order valence-electron chi connectivity index (χ3n) is 3.15. The van der Waals surface area contributed by atoms with Gasteiger partial charge in [0.05, 0.1) is 10.9 Å². The van der Waals surface area contributed by atoms with Crippen molar-refractivity contribution < 1.29 is 5.21 Å². The van der Waals surface area contributed by atoms with Gasteiger partial charge in [-0.15, -0.1) is 11.8 Å². The molecule has 2 aromatic rings. The van der Waals surface area contributed by atoms with Crippen molar-refractivity contribution in [2.24, 2.45) is 10.9 Å². The van der Waals surface area contributed by atoms with Crippen molar-refractivity contribution in [2.45, 2.75) is 24.8 Å². The first-order valence-electron chi connectivity index (χ1n) is 6.70. The highest BCUT2D eigenvalue weighted by molar-refractivity contribution is 7.99. The van der Waals surface area contributed by atoms with Crippen molar-refractivity contribution in [2.75, 3.05) is 5.75 Å². The minimum atomic E-state index is -0.135. The molecule has 0 aliphatic rings. The maximum atomic E-state index is 8.99. The summed E-state index contributed by atoms with van der Waals surface area (Å²) >= 11 is 1.61. The maximum absolute atomic E-state index is 8.99. The van der Waals surface area contributed by atoms with E-state index in [1.807, 2.05) is 49.4 Å². The van der Waals surface area contributed by atoms with Crippen LogP contribution in [-0.4, -0.2) is 21.8 Å². The molecule has 110 valence electrons. The number of hydrogen-bond acceptors (Lipinski definition) is 4. The van der Waals surface area contributed by atoms with Crippen LogP contribution in [0.5, 0.6) is 0 Å². The predicted molar refractivity (Wildman–Crippen MR) is 87.0 cm³/mol. The van der Waals surface area contributed by atoms with Gasteiger partial charge in [-0.3, -0.25) is 0 Å². The number of rotatable bonds is 5. The van der Waals surface area contributed by atoms with Crippen molar-refractivity contribution >= 4 is 17.6 Å². The molecule has 0 radical (unpaired) electrons. The molecule has 0 aliphatic carbocycles. The molecule has 0 bridgehead atoms. The third-order valence-corrected chi connectivity index (χ3v) is 4.15. The fraction of sp³-hybridized carbons (Fsp3) is 0.250. The van der Waals surface area contributed by atoms with Crippen LogP contribution in [0.4, 0.5) is 0 Å². The molecular weight excluding hydrogens is 282 g/mol. The van der Waals surface area contributed by atoms with Crippen LogP contribution < -0.4 is 5.73 Å². The van der Waals surface area contributed by atoms with Crippen LogP contribution in [0.3, 0.4) is 0 Å². The molecular formula is C16H19N3OS. The number of nitrogens with zero attached hydrogens (tertiary/aromatic N) is 2. The Morgan fingerprint density at radius 2 is 2.00 bits per heavy atom. The van der Waals surface area contributed by atoms with Crippen molar-refractivity contribution in [3.05, 3.63) is 59.3 Å². The van der Waals surface area contributed by atoms with Gasteiger partial charge in [0.15, 0.2) is 0 Å². The molecule has 4 nitrogen and oxygen atoms in total. The Hall–Kier alpha value is -2.01. The van der Waals surface area contributed by atoms with Gasteiger partial charge in [-0.1, -0.05) is 35.5 Å². The molecule has 0 fully saturated rings. The van der Waals surface area contributed by atoms with Crippen LogP contribution in [0, 0.1) is 13.8 Å². The van der Waals surface area contributed by atoms with Gasteiger partial charge < -0.3 is 10.9 Å². The minimum Gasteiger partial charge on any atom is -0.409 e. The molecule has 21 heavy (non-hydrogen) atoms. The van der Waals surface area contributed by atoms with E-state index in [1.165, 1.54) is 5.56 Å². The van der Waals surface area contributed by atoms with Crippen LogP contribution >= 0.6 is 11.8 Å². The van der Waals surface area contributed by atoms with Crippen LogP contribution in [-0.2, 0) is 0 Å². The van der Waals surface area contributed by atoms with Crippen molar-refractivity contribution in [3.8, 4) is 0 Å². The molecule has 1 aromatic heterocycles. The highest BCUT2D eigenvalue weighted by Gasteiger charge is 2.17. The fourth-order valence-electron chi connectivity index (χ4n) is 2.15. The van der Waals surface area contributed by atoms with Crippen LogP contribution in [0.2, 0.25) is 0 Å². The molecule has 2 rings (SSSR count). The summed E-state index contributed by atoms with van der Waals surface area (Å²) in [5.41, 5.74) is 9.05. The summed E-state index contributed by atoms with van der Waals surface area (Å²) in [5, 5.41) is 13.1. The van der Waals surface area contributed by atoms with Crippen LogP contribution in [0.1, 0.15) is 22.7 Å². The quantitative estimate of drug-likeness (QED) is 0.292. The standard InChI is InChI=1S/C16H19N3OS/c1-11-8-12(2)18-15(9-11)21-10-14(16(17)19-20)13-6-4-3-5-7-13/h3-9,14,20H,10H2,1-2H3,(H2,17,19). The zero-order chi connectivity index (χ0) is 15.2. The second-order valence-electron chi connectivity index (χ2n) is 4.92. The monoisotopic (exact) mass is 301 g/mol. The lowest BCUT2D eigenvalue weighted by atomic mass is 10.0. The molecule has 0 saturated carbocycles. The van der Waals surface area contributed by atoms with Crippen LogP contribution in [0.15, 0.2) is 52.6 Å². The third kappa shape index (κ3) is 4.23. The van der Waals surface area contributed by atoms with E-state index in [0.717, 1.165) is 16.3 Å². The number of oxime groups is 1. The number of hydrogen-bond donors (Lipinski definition) is 2. The second kappa shape index (κ2) is 7.13. The lowest BCUT2D eigenvalue weighted by molar-refractivity contribution is 0.316.